The minimum absolute atomic E-state index is 0.124. The molecule has 0 radical (unpaired) electrons. The summed E-state index contributed by atoms with van der Waals surface area (Å²) in [5, 5.41) is 28.0. The third-order valence-corrected chi connectivity index (χ3v) is 1.59. The van der Waals surface area contributed by atoms with Gasteiger partial charge in [0.05, 0.1) is 0 Å². The van der Waals surface area contributed by atoms with Crippen molar-refractivity contribution in [2.24, 2.45) is 0 Å². The first-order chi connectivity index (χ1) is 6.77. The van der Waals surface area contributed by atoms with Crippen molar-refractivity contribution in [3.8, 4) is 23.1 Å². The van der Waals surface area contributed by atoms with Crippen LogP contribution in [0.5, 0.6) is 23.1 Å². The molecule has 0 aliphatic heterocycles. The summed E-state index contributed by atoms with van der Waals surface area (Å²) in [6, 6.07) is 4.40. The third-order valence-electron chi connectivity index (χ3n) is 1.59. The third kappa shape index (κ3) is 1.45. The smallest absolute Gasteiger partial charge is 0.258 e. The first kappa shape index (κ1) is 8.36. The van der Waals surface area contributed by atoms with Crippen LogP contribution in [-0.2, 0) is 0 Å². The molecule has 0 unspecified atom stereocenters. The summed E-state index contributed by atoms with van der Waals surface area (Å²) in [6.07, 6.45) is 1.35. The van der Waals surface area contributed by atoms with Crippen LogP contribution in [0.2, 0.25) is 0 Å². The SMILES string of the molecule is Oc1cccc(Oc2cn[nH]n2)c1O. The largest absolute Gasteiger partial charge is 0.504 e. The Kier molecular flexibility index (Phi) is 1.94. The molecule has 14 heavy (non-hydrogen) atoms. The second-order valence-electron chi connectivity index (χ2n) is 2.53. The monoisotopic (exact) mass is 193 g/mol. The van der Waals surface area contributed by atoms with Gasteiger partial charge in [0.15, 0.2) is 11.5 Å². The molecular weight excluding hydrogens is 186 g/mol. The van der Waals surface area contributed by atoms with Crippen molar-refractivity contribution in [2.75, 3.05) is 0 Å². The molecule has 0 aliphatic carbocycles. The number of phenols is 2. The van der Waals surface area contributed by atoms with Gasteiger partial charge in [-0.15, -0.1) is 5.10 Å². The van der Waals surface area contributed by atoms with Crippen LogP contribution >= 0.6 is 0 Å². The molecule has 0 saturated heterocycles. The van der Waals surface area contributed by atoms with E-state index in [9.17, 15) is 5.11 Å². The van der Waals surface area contributed by atoms with Crippen LogP contribution in [0.15, 0.2) is 24.4 Å². The van der Waals surface area contributed by atoms with Gasteiger partial charge in [0.2, 0.25) is 5.75 Å². The molecule has 0 saturated carbocycles. The van der Waals surface area contributed by atoms with Gasteiger partial charge in [-0.2, -0.15) is 10.3 Å². The van der Waals surface area contributed by atoms with Crippen LogP contribution in [-0.4, -0.2) is 25.6 Å². The molecule has 0 bridgehead atoms. The maximum Gasteiger partial charge on any atom is 0.258 e. The zero-order chi connectivity index (χ0) is 9.97. The molecule has 0 atom stereocenters. The number of aromatic nitrogens is 3. The fourth-order valence-electron chi connectivity index (χ4n) is 0.946. The van der Waals surface area contributed by atoms with Crippen LogP contribution in [0.3, 0.4) is 0 Å². The summed E-state index contributed by atoms with van der Waals surface area (Å²) in [5.41, 5.74) is 0. The molecule has 1 heterocycles. The average Bonchev–Trinajstić information content (AvgIpc) is 2.66. The number of ether oxygens (including phenoxy) is 1. The molecule has 6 nitrogen and oxygen atoms in total. The van der Waals surface area contributed by atoms with Gasteiger partial charge in [0.1, 0.15) is 6.20 Å². The van der Waals surface area contributed by atoms with E-state index >= 15 is 0 Å². The number of H-pyrrole nitrogens is 1. The van der Waals surface area contributed by atoms with E-state index in [1.165, 1.54) is 18.3 Å². The average molecular weight is 193 g/mol. The second kappa shape index (κ2) is 3.25. The first-order valence-corrected chi connectivity index (χ1v) is 3.82. The Bertz CT molecular complexity index is 427. The van der Waals surface area contributed by atoms with E-state index in [0.717, 1.165) is 0 Å². The molecule has 0 spiro atoms. The number of nitrogens with zero attached hydrogens (tertiary/aromatic N) is 2. The molecule has 2 aromatic rings. The van der Waals surface area contributed by atoms with Gasteiger partial charge in [0, 0.05) is 0 Å². The Morgan fingerprint density at radius 2 is 2.14 bits per heavy atom. The topological polar surface area (TPSA) is 91.3 Å². The highest BCUT2D eigenvalue weighted by molar-refractivity contribution is 5.49. The summed E-state index contributed by atoms with van der Waals surface area (Å²) in [5.74, 6) is -0.230. The highest BCUT2D eigenvalue weighted by atomic mass is 16.5. The van der Waals surface area contributed by atoms with Crippen LogP contribution in [0.25, 0.3) is 0 Å². The van der Waals surface area contributed by atoms with E-state index in [-0.39, 0.29) is 23.1 Å². The van der Waals surface area contributed by atoms with Gasteiger partial charge < -0.3 is 14.9 Å². The standard InChI is InChI=1S/C8H7N3O3/c12-5-2-1-3-6(8(5)13)14-7-4-9-11-10-7/h1-4,12-13H,(H,9,10,11). The number of hydrogen-bond acceptors (Lipinski definition) is 5. The van der Waals surface area contributed by atoms with Crippen molar-refractivity contribution in [1.29, 1.82) is 0 Å². The van der Waals surface area contributed by atoms with Gasteiger partial charge in [-0.1, -0.05) is 6.07 Å². The van der Waals surface area contributed by atoms with Gasteiger partial charge in [-0.3, -0.25) is 0 Å². The lowest BCUT2D eigenvalue weighted by Gasteiger charge is -2.04. The molecule has 0 aliphatic rings. The maximum atomic E-state index is 9.36. The van der Waals surface area contributed by atoms with E-state index in [2.05, 4.69) is 15.4 Å². The fourth-order valence-corrected chi connectivity index (χ4v) is 0.946. The molecule has 1 aromatic heterocycles. The van der Waals surface area contributed by atoms with E-state index in [4.69, 9.17) is 9.84 Å². The first-order valence-electron chi connectivity index (χ1n) is 3.82. The van der Waals surface area contributed by atoms with Crippen LogP contribution < -0.4 is 4.74 Å². The number of rotatable bonds is 2. The Labute approximate surface area is 78.8 Å². The van der Waals surface area contributed by atoms with Crippen molar-refractivity contribution in [3.05, 3.63) is 24.4 Å². The van der Waals surface area contributed by atoms with E-state index in [0.29, 0.717) is 0 Å². The Morgan fingerprint density at radius 1 is 1.29 bits per heavy atom. The number of hydrogen-bond donors (Lipinski definition) is 3. The van der Waals surface area contributed by atoms with Gasteiger partial charge in [0.25, 0.3) is 5.88 Å². The molecule has 0 fully saturated rings. The molecule has 2 rings (SSSR count). The Balaban J connectivity index is 2.29. The lowest BCUT2D eigenvalue weighted by atomic mass is 10.3. The highest BCUT2D eigenvalue weighted by Crippen LogP contribution is 2.36. The second-order valence-corrected chi connectivity index (χ2v) is 2.53. The van der Waals surface area contributed by atoms with Gasteiger partial charge >= 0.3 is 0 Å². The highest BCUT2D eigenvalue weighted by Gasteiger charge is 2.08. The fraction of sp³-hybridized carbons (Fsp3) is 0. The number of aromatic hydroxyl groups is 2. The van der Waals surface area contributed by atoms with Crippen molar-refractivity contribution >= 4 is 0 Å². The van der Waals surface area contributed by atoms with Crippen molar-refractivity contribution in [3.63, 3.8) is 0 Å². The van der Waals surface area contributed by atoms with Crippen LogP contribution in [0, 0.1) is 0 Å². The summed E-state index contributed by atoms with van der Waals surface area (Å²) in [4.78, 5) is 0. The zero-order valence-electron chi connectivity index (χ0n) is 7.01. The predicted octanol–water partition coefficient (Wildman–Crippen LogP) is 1.01. The lowest BCUT2D eigenvalue weighted by molar-refractivity contribution is 0.368. The predicted molar refractivity (Wildman–Crippen MR) is 46.2 cm³/mol. The van der Waals surface area contributed by atoms with Gasteiger partial charge in [-0.25, -0.2) is 0 Å². The molecule has 1 aromatic carbocycles. The minimum atomic E-state index is -0.324. The Morgan fingerprint density at radius 3 is 2.86 bits per heavy atom. The number of aromatic amines is 1. The zero-order valence-corrected chi connectivity index (χ0v) is 7.01. The maximum absolute atomic E-state index is 9.36. The summed E-state index contributed by atoms with van der Waals surface area (Å²) in [6.45, 7) is 0. The van der Waals surface area contributed by atoms with Crippen LogP contribution in [0.4, 0.5) is 0 Å². The van der Waals surface area contributed by atoms with Crippen molar-refractivity contribution in [1.82, 2.24) is 15.4 Å². The van der Waals surface area contributed by atoms with Gasteiger partial charge in [-0.05, 0) is 12.1 Å². The van der Waals surface area contributed by atoms with Crippen molar-refractivity contribution in [2.45, 2.75) is 0 Å². The summed E-state index contributed by atoms with van der Waals surface area (Å²) >= 11 is 0. The number of nitrogens with one attached hydrogen (secondary N) is 1. The number of para-hydroxylation sites is 1. The van der Waals surface area contributed by atoms with E-state index in [1.54, 1.807) is 6.07 Å². The van der Waals surface area contributed by atoms with E-state index in [1.807, 2.05) is 0 Å². The number of phenolic OH excluding ortho intramolecular Hbond substituents is 2. The normalized spacial score (nSPS) is 10.0. The van der Waals surface area contributed by atoms with Crippen LogP contribution in [0.1, 0.15) is 0 Å². The molecule has 72 valence electrons. The lowest BCUT2D eigenvalue weighted by Crippen LogP contribution is -1.84. The Hall–Kier alpha value is -2.24. The summed E-state index contributed by atoms with van der Waals surface area (Å²) < 4.78 is 5.12. The molecular formula is C8H7N3O3. The quantitative estimate of drug-likeness (QED) is 0.619. The summed E-state index contributed by atoms with van der Waals surface area (Å²) in [7, 11) is 0. The molecule has 0 amide bonds. The number of benzene rings is 1. The molecule has 3 N–H and O–H groups in total. The van der Waals surface area contributed by atoms with Crippen molar-refractivity contribution < 1.29 is 14.9 Å². The molecule has 6 heteroatoms. The minimum Gasteiger partial charge on any atom is -0.504 e. The van der Waals surface area contributed by atoms with E-state index < -0.39 is 0 Å².